The van der Waals surface area contributed by atoms with Crippen LogP contribution in [0.1, 0.15) is 32.3 Å². The van der Waals surface area contributed by atoms with Gasteiger partial charge in [-0.3, -0.25) is 4.79 Å². The Bertz CT molecular complexity index is 391. The Labute approximate surface area is 127 Å². The number of rotatable bonds is 7. The lowest BCUT2D eigenvalue weighted by Crippen LogP contribution is -2.36. The van der Waals surface area contributed by atoms with Gasteiger partial charge in [0.15, 0.2) is 0 Å². The fraction of sp³-hybridized carbons (Fsp3) is 0.533. The molecular formula is C15H25ClN2O2. The summed E-state index contributed by atoms with van der Waals surface area (Å²) in [5.41, 5.74) is 7.19. The maximum absolute atomic E-state index is 11.7. The van der Waals surface area contributed by atoms with Crippen LogP contribution >= 0.6 is 12.4 Å². The number of nitrogens with one attached hydrogen (secondary N) is 1. The van der Waals surface area contributed by atoms with Gasteiger partial charge in [-0.05, 0) is 23.6 Å². The van der Waals surface area contributed by atoms with Crippen LogP contribution in [0.15, 0.2) is 24.3 Å². The van der Waals surface area contributed by atoms with Crippen molar-refractivity contribution in [2.75, 3.05) is 12.3 Å². The van der Waals surface area contributed by atoms with Crippen molar-refractivity contribution in [3.63, 3.8) is 0 Å². The smallest absolute Gasteiger partial charge is 0.224 e. The number of carbonyl (C=O) groups excluding carboxylic acids is 1. The highest BCUT2D eigenvalue weighted by molar-refractivity contribution is 5.85. The number of halogens is 1. The van der Waals surface area contributed by atoms with Gasteiger partial charge in [0.2, 0.25) is 5.91 Å². The molecule has 1 unspecified atom stereocenters. The van der Waals surface area contributed by atoms with Gasteiger partial charge in [-0.1, -0.05) is 38.8 Å². The molecule has 5 heteroatoms. The first kappa shape index (κ1) is 18.7. The van der Waals surface area contributed by atoms with E-state index in [2.05, 4.69) is 5.32 Å². The molecule has 0 heterocycles. The van der Waals surface area contributed by atoms with Crippen LogP contribution in [0.25, 0.3) is 0 Å². The van der Waals surface area contributed by atoms with E-state index in [-0.39, 0.29) is 24.2 Å². The van der Waals surface area contributed by atoms with Gasteiger partial charge < -0.3 is 16.2 Å². The molecule has 114 valence electrons. The number of hydrogen-bond acceptors (Lipinski definition) is 3. The van der Waals surface area contributed by atoms with E-state index in [1.165, 1.54) is 0 Å². The minimum absolute atomic E-state index is 0. The monoisotopic (exact) mass is 300 g/mol. The summed E-state index contributed by atoms with van der Waals surface area (Å²) in [6.45, 7) is 4.42. The van der Waals surface area contributed by atoms with E-state index in [9.17, 15) is 9.90 Å². The first-order valence-electron chi connectivity index (χ1n) is 6.86. The summed E-state index contributed by atoms with van der Waals surface area (Å²) in [5, 5.41) is 12.7. The molecule has 0 saturated heterocycles. The number of amides is 1. The third-order valence-electron chi connectivity index (χ3n) is 3.45. The number of anilines is 1. The second-order valence-corrected chi connectivity index (χ2v) is 4.87. The van der Waals surface area contributed by atoms with Crippen molar-refractivity contribution in [1.82, 2.24) is 5.32 Å². The van der Waals surface area contributed by atoms with Gasteiger partial charge in [0.25, 0.3) is 0 Å². The van der Waals surface area contributed by atoms with E-state index in [1.807, 2.05) is 26.0 Å². The molecule has 1 aromatic carbocycles. The maximum atomic E-state index is 11.7. The quantitative estimate of drug-likeness (QED) is 0.675. The molecule has 0 aliphatic rings. The third-order valence-corrected chi connectivity index (χ3v) is 3.45. The Morgan fingerprint density at radius 3 is 2.30 bits per heavy atom. The number of aliphatic hydroxyl groups excluding tert-OH is 1. The molecule has 0 spiro atoms. The molecule has 0 aliphatic carbocycles. The molecule has 0 aliphatic heterocycles. The Balaban J connectivity index is 0.00000361. The normalized spacial score (nSPS) is 11.8. The second kappa shape index (κ2) is 9.61. The molecule has 0 radical (unpaired) electrons. The fourth-order valence-corrected chi connectivity index (χ4v) is 2.10. The Hall–Kier alpha value is -1.26. The number of aliphatic hydroxyl groups is 1. The van der Waals surface area contributed by atoms with Gasteiger partial charge in [0.05, 0.1) is 12.5 Å². The molecule has 0 aromatic heterocycles. The van der Waals surface area contributed by atoms with Crippen LogP contribution in [-0.4, -0.2) is 23.7 Å². The molecule has 1 rings (SSSR count). The minimum Gasteiger partial charge on any atom is -0.399 e. The SMILES string of the molecule is CCC(CC)C(O)CNC(=O)Cc1ccc(N)cc1.Cl. The molecular weight excluding hydrogens is 276 g/mol. The van der Waals surface area contributed by atoms with Crippen molar-refractivity contribution in [3.8, 4) is 0 Å². The van der Waals surface area contributed by atoms with Crippen LogP contribution < -0.4 is 11.1 Å². The van der Waals surface area contributed by atoms with Crippen LogP contribution in [0.4, 0.5) is 5.69 Å². The fourth-order valence-electron chi connectivity index (χ4n) is 2.10. The van der Waals surface area contributed by atoms with Crippen molar-refractivity contribution in [3.05, 3.63) is 29.8 Å². The van der Waals surface area contributed by atoms with Crippen molar-refractivity contribution in [2.45, 2.75) is 39.2 Å². The lowest BCUT2D eigenvalue weighted by atomic mass is 9.96. The zero-order valence-corrected chi connectivity index (χ0v) is 13.0. The molecule has 1 aromatic rings. The van der Waals surface area contributed by atoms with E-state index in [0.29, 0.717) is 18.7 Å². The predicted octanol–water partition coefficient (Wildman–Crippen LogP) is 2.15. The molecule has 0 bridgehead atoms. The van der Waals surface area contributed by atoms with Crippen molar-refractivity contribution in [1.29, 1.82) is 0 Å². The van der Waals surface area contributed by atoms with Gasteiger partial charge in [-0.15, -0.1) is 12.4 Å². The average Bonchev–Trinajstić information content (AvgIpc) is 2.40. The third kappa shape index (κ3) is 6.26. The standard InChI is InChI=1S/C15H24N2O2.ClH/c1-3-12(4-2)14(18)10-17-15(19)9-11-5-7-13(16)8-6-11;/h5-8,12,14,18H,3-4,9-10,16H2,1-2H3,(H,17,19);1H. The Morgan fingerprint density at radius 2 is 1.80 bits per heavy atom. The number of nitrogens with two attached hydrogens (primary N) is 1. The molecule has 0 fully saturated rings. The summed E-state index contributed by atoms with van der Waals surface area (Å²) in [7, 11) is 0. The maximum Gasteiger partial charge on any atom is 0.224 e. The van der Waals surface area contributed by atoms with Crippen LogP contribution in [0.3, 0.4) is 0 Å². The van der Waals surface area contributed by atoms with E-state index >= 15 is 0 Å². The minimum atomic E-state index is -0.467. The van der Waals surface area contributed by atoms with Gasteiger partial charge in [-0.2, -0.15) is 0 Å². The van der Waals surface area contributed by atoms with Crippen LogP contribution in [0, 0.1) is 5.92 Å². The largest absolute Gasteiger partial charge is 0.399 e. The summed E-state index contributed by atoms with van der Waals surface area (Å²) in [4.78, 5) is 11.7. The highest BCUT2D eigenvalue weighted by atomic mass is 35.5. The molecule has 1 amide bonds. The van der Waals surface area contributed by atoms with Crippen LogP contribution in [0.2, 0.25) is 0 Å². The second-order valence-electron chi connectivity index (χ2n) is 4.87. The van der Waals surface area contributed by atoms with Crippen molar-refractivity contribution < 1.29 is 9.90 Å². The highest BCUT2D eigenvalue weighted by Gasteiger charge is 2.16. The number of carbonyl (C=O) groups is 1. The van der Waals surface area contributed by atoms with E-state index in [4.69, 9.17) is 5.73 Å². The van der Waals surface area contributed by atoms with Gasteiger partial charge in [-0.25, -0.2) is 0 Å². The summed E-state index contributed by atoms with van der Waals surface area (Å²) in [5.74, 6) is 0.173. The van der Waals surface area contributed by atoms with E-state index < -0.39 is 6.10 Å². The zero-order valence-electron chi connectivity index (χ0n) is 12.1. The number of benzene rings is 1. The van der Waals surface area contributed by atoms with Gasteiger partial charge >= 0.3 is 0 Å². The Morgan fingerprint density at radius 1 is 1.25 bits per heavy atom. The summed E-state index contributed by atoms with van der Waals surface area (Å²) < 4.78 is 0. The van der Waals surface area contributed by atoms with E-state index in [0.717, 1.165) is 18.4 Å². The summed E-state index contributed by atoms with van der Waals surface area (Å²) >= 11 is 0. The van der Waals surface area contributed by atoms with Crippen LogP contribution in [0.5, 0.6) is 0 Å². The van der Waals surface area contributed by atoms with Crippen molar-refractivity contribution in [2.24, 2.45) is 5.92 Å². The molecule has 4 N–H and O–H groups in total. The number of hydrogen-bond donors (Lipinski definition) is 3. The van der Waals surface area contributed by atoms with E-state index in [1.54, 1.807) is 12.1 Å². The first-order valence-corrected chi connectivity index (χ1v) is 6.86. The Kier molecular flexibility index (Phi) is 9.01. The molecule has 20 heavy (non-hydrogen) atoms. The lowest BCUT2D eigenvalue weighted by molar-refractivity contribution is -0.121. The molecule has 4 nitrogen and oxygen atoms in total. The van der Waals surface area contributed by atoms with Gasteiger partial charge in [0, 0.05) is 12.2 Å². The molecule has 0 saturated carbocycles. The summed E-state index contributed by atoms with van der Waals surface area (Å²) in [6, 6.07) is 7.24. The number of nitrogen functional groups attached to an aromatic ring is 1. The van der Waals surface area contributed by atoms with Crippen molar-refractivity contribution >= 4 is 24.0 Å². The topological polar surface area (TPSA) is 75.3 Å². The molecule has 1 atom stereocenters. The first-order chi connectivity index (χ1) is 9.06. The summed E-state index contributed by atoms with van der Waals surface area (Å²) in [6.07, 6.45) is 1.69. The van der Waals surface area contributed by atoms with Crippen LogP contribution in [-0.2, 0) is 11.2 Å². The van der Waals surface area contributed by atoms with Gasteiger partial charge in [0.1, 0.15) is 0 Å². The lowest BCUT2D eigenvalue weighted by Gasteiger charge is -2.20. The zero-order chi connectivity index (χ0) is 14.3. The average molecular weight is 301 g/mol. The predicted molar refractivity (Wildman–Crippen MR) is 84.9 cm³/mol. The highest BCUT2D eigenvalue weighted by Crippen LogP contribution is 2.12.